The number of amides is 1. The summed E-state index contributed by atoms with van der Waals surface area (Å²) >= 11 is 0. The van der Waals surface area contributed by atoms with Gasteiger partial charge < -0.3 is 9.84 Å². The average Bonchev–Trinajstić information content (AvgIpc) is 3.44. The van der Waals surface area contributed by atoms with Crippen LogP contribution in [-0.2, 0) is 12.8 Å². The average molecular weight is 388 g/mol. The van der Waals surface area contributed by atoms with Crippen LogP contribution in [0.25, 0.3) is 17.3 Å². The minimum absolute atomic E-state index is 0.284. The molecule has 4 aromatic rings. The van der Waals surface area contributed by atoms with E-state index in [1.807, 2.05) is 31.2 Å². The maximum atomic E-state index is 12.5. The molecule has 4 rings (SSSR count). The van der Waals surface area contributed by atoms with Gasteiger partial charge in [-0.3, -0.25) is 9.36 Å². The Balaban J connectivity index is 1.52. The first-order chi connectivity index (χ1) is 14.2. The van der Waals surface area contributed by atoms with Gasteiger partial charge >= 0.3 is 0 Å². The summed E-state index contributed by atoms with van der Waals surface area (Å²) in [6.07, 6.45) is 6.48. The first-order valence-corrected chi connectivity index (χ1v) is 9.40. The molecule has 0 saturated carbocycles. The number of benzene rings is 1. The van der Waals surface area contributed by atoms with E-state index in [4.69, 9.17) is 4.52 Å². The summed E-state index contributed by atoms with van der Waals surface area (Å²) in [7, 11) is 0. The molecule has 1 amide bonds. The van der Waals surface area contributed by atoms with Crippen molar-refractivity contribution in [3.63, 3.8) is 0 Å². The summed E-state index contributed by atoms with van der Waals surface area (Å²) in [5, 5.41) is 6.77. The molecule has 3 heterocycles. The largest absolute Gasteiger partial charge is 0.334 e. The predicted molar refractivity (Wildman–Crippen MR) is 108 cm³/mol. The maximum Gasteiger partial charge on any atom is 0.275 e. The van der Waals surface area contributed by atoms with Crippen LogP contribution in [0.5, 0.6) is 0 Å². The van der Waals surface area contributed by atoms with Gasteiger partial charge in [0.15, 0.2) is 5.82 Å². The first-order valence-electron chi connectivity index (χ1n) is 9.40. The fourth-order valence-corrected chi connectivity index (χ4v) is 2.79. The Morgan fingerprint density at radius 3 is 2.66 bits per heavy atom. The third-order valence-electron chi connectivity index (χ3n) is 4.48. The fraction of sp³-hybridized carbons (Fsp3) is 0.190. The molecule has 8 nitrogen and oxygen atoms in total. The summed E-state index contributed by atoms with van der Waals surface area (Å²) in [5.41, 5.74) is 2.98. The molecule has 0 aliphatic carbocycles. The van der Waals surface area contributed by atoms with Crippen molar-refractivity contribution < 1.29 is 9.32 Å². The minimum atomic E-state index is -0.284. The first kappa shape index (κ1) is 18.5. The number of carbonyl (C=O) groups is 1. The van der Waals surface area contributed by atoms with E-state index < -0.39 is 0 Å². The van der Waals surface area contributed by atoms with Gasteiger partial charge in [0.1, 0.15) is 17.8 Å². The molecule has 0 spiro atoms. The highest BCUT2D eigenvalue weighted by Crippen LogP contribution is 2.19. The summed E-state index contributed by atoms with van der Waals surface area (Å²) in [5.74, 6) is 1.39. The monoisotopic (exact) mass is 388 g/mol. The zero-order chi connectivity index (χ0) is 20.2. The van der Waals surface area contributed by atoms with E-state index in [9.17, 15) is 4.79 Å². The van der Waals surface area contributed by atoms with E-state index in [-0.39, 0.29) is 5.91 Å². The van der Waals surface area contributed by atoms with Crippen LogP contribution in [0.1, 0.15) is 35.7 Å². The SMILES string of the molecule is CCc1ccc(NC(=O)c2cn(-c3cc(-c4nc(CC)no4)ccn3)cn2)cc1. The molecule has 0 atom stereocenters. The lowest BCUT2D eigenvalue weighted by Crippen LogP contribution is -2.12. The highest BCUT2D eigenvalue weighted by molar-refractivity contribution is 6.02. The Hall–Kier alpha value is -3.81. The molecule has 0 unspecified atom stereocenters. The summed E-state index contributed by atoms with van der Waals surface area (Å²) in [6.45, 7) is 4.05. The zero-order valence-electron chi connectivity index (χ0n) is 16.2. The van der Waals surface area contributed by atoms with Crippen LogP contribution in [0, 0.1) is 0 Å². The Morgan fingerprint density at radius 1 is 1.10 bits per heavy atom. The number of pyridine rings is 1. The van der Waals surface area contributed by atoms with Gasteiger partial charge in [-0.1, -0.05) is 31.1 Å². The highest BCUT2D eigenvalue weighted by Gasteiger charge is 2.13. The molecule has 29 heavy (non-hydrogen) atoms. The van der Waals surface area contributed by atoms with Crippen molar-refractivity contribution in [1.82, 2.24) is 24.7 Å². The standard InChI is InChI=1S/C21H20N6O2/c1-3-14-5-7-16(8-6-14)24-20(28)17-12-27(13-23-17)19-11-15(9-10-22-19)21-25-18(4-2)26-29-21/h5-13H,3-4H2,1-2H3,(H,24,28). The van der Waals surface area contributed by atoms with Crippen LogP contribution in [-0.4, -0.2) is 30.6 Å². The number of nitrogens with one attached hydrogen (secondary N) is 1. The molecule has 146 valence electrons. The number of anilines is 1. The second kappa shape index (κ2) is 8.05. The lowest BCUT2D eigenvalue weighted by molar-refractivity contribution is 0.102. The third kappa shape index (κ3) is 4.06. The smallest absolute Gasteiger partial charge is 0.275 e. The highest BCUT2D eigenvalue weighted by atomic mass is 16.5. The molecule has 1 aromatic carbocycles. The van der Waals surface area contributed by atoms with Crippen molar-refractivity contribution in [2.75, 3.05) is 5.32 Å². The molecule has 1 N–H and O–H groups in total. The van der Waals surface area contributed by atoms with Crippen molar-refractivity contribution in [1.29, 1.82) is 0 Å². The van der Waals surface area contributed by atoms with Gasteiger partial charge in [-0.05, 0) is 36.2 Å². The molecule has 0 saturated heterocycles. The van der Waals surface area contributed by atoms with Crippen LogP contribution < -0.4 is 5.32 Å². The van der Waals surface area contributed by atoms with E-state index in [1.54, 1.807) is 35.4 Å². The quantitative estimate of drug-likeness (QED) is 0.541. The third-order valence-corrected chi connectivity index (χ3v) is 4.48. The van der Waals surface area contributed by atoms with Crippen molar-refractivity contribution in [3.8, 4) is 17.3 Å². The molecule has 3 aromatic heterocycles. The van der Waals surface area contributed by atoms with E-state index >= 15 is 0 Å². The van der Waals surface area contributed by atoms with E-state index in [1.165, 1.54) is 5.56 Å². The van der Waals surface area contributed by atoms with Crippen LogP contribution in [0.4, 0.5) is 5.69 Å². The van der Waals surface area contributed by atoms with Crippen LogP contribution in [0.3, 0.4) is 0 Å². The zero-order valence-corrected chi connectivity index (χ0v) is 16.2. The second-order valence-electron chi connectivity index (χ2n) is 6.44. The molecule has 0 aliphatic heterocycles. The van der Waals surface area contributed by atoms with Crippen molar-refractivity contribution >= 4 is 11.6 Å². The van der Waals surface area contributed by atoms with Crippen LogP contribution in [0.15, 0.2) is 59.6 Å². The summed E-state index contributed by atoms with van der Waals surface area (Å²) in [6, 6.07) is 11.3. The number of imidazole rings is 1. The lowest BCUT2D eigenvalue weighted by Gasteiger charge is -2.04. The maximum absolute atomic E-state index is 12.5. The Kier molecular flexibility index (Phi) is 5.15. The summed E-state index contributed by atoms with van der Waals surface area (Å²) < 4.78 is 6.96. The topological polar surface area (TPSA) is 98.7 Å². The van der Waals surface area contributed by atoms with Gasteiger partial charge in [0.2, 0.25) is 0 Å². The Bertz CT molecular complexity index is 1130. The van der Waals surface area contributed by atoms with Crippen LogP contribution >= 0.6 is 0 Å². The molecule has 0 bridgehead atoms. The van der Waals surface area contributed by atoms with E-state index in [0.29, 0.717) is 29.6 Å². The van der Waals surface area contributed by atoms with E-state index in [2.05, 4.69) is 32.3 Å². The number of hydrogen-bond donors (Lipinski definition) is 1. The number of rotatable bonds is 6. The van der Waals surface area contributed by atoms with Gasteiger partial charge in [-0.2, -0.15) is 4.98 Å². The number of carbonyl (C=O) groups excluding carboxylic acids is 1. The Labute approximate surface area is 167 Å². The predicted octanol–water partition coefficient (Wildman–Crippen LogP) is 3.69. The lowest BCUT2D eigenvalue weighted by atomic mass is 10.1. The normalized spacial score (nSPS) is 10.8. The molecular weight excluding hydrogens is 368 g/mol. The van der Waals surface area contributed by atoms with Gasteiger partial charge in [0.25, 0.3) is 11.8 Å². The van der Waals surface area contributed by atoms with Gasteiger partial charge in [-0.25, -0.2) is 9.97 Å². The fourth-order valence-electron chi connectivity index (χ4n) is 2.79. The van der Waals surface area contributed by atoms with E-state index in [0.717, 1.165) is 17.7 Å². The second-order valence-corrected chi connectivity index (χ2v) is 6.44. The van der Waals surface area contributed by atoms with Crippen molar-refractivity contribution in [2.45, 2.75) is 26.7 Å². The molecule has 8 heteroatoms. The number of aryl methyl sites for hydroxylation is 2. The molecule has 0 aliphatic rings. The molecule has 0 radical (unpaired) electrons. The van der Waals surface area contributed by atoms with Crippen molar-refractivity contribution in [2.24, 2.45) is 0 Å². The van der Waals surface area contributed by atoms with Crippen LogP contribution in [0.2, 0.25) is 0 Å². The molecule has 0 fully saturated rings. The summed E-state index contributed by atoms with van der Waals surface area (Å²) in [4.78, 5) is 25.4. The van der Waals surface area contributed by atoms with Crippen molar-refractivity contribution in [3.05, 3.63) is 72.2 Å². The Morgan fingerprint density at radius 2 is 1.93 bits per heavy atom. The van der Waals surface area contributed by atoms with Gasteiger partial charge in [-0.15, -0.1) is 0 Å². The van der Waals surface area contributed by atoms with Gasteiger partial charge in [0.05, 0.1) is 0 Å². The number of hydrogen-bond acceptors (Lipinski definition) is 6. The number of aromatic nitrogens is 5. The molecular formula is C21H20N6O2. The van der Waals surface area contributed by atoms with Gasteiger partial charge in [0, 0.05) is 30.1 Å². The minimum Gasteiger partial charge on any atom is -0.334 e. The number of nitrogens with zero attached hydrogens (tertiary/aromatic N) is 5.